The predicted molar refractivity (Wildman–Crippen MR) is 95.2 cm³/mol. The lowest BCUT2D eigenvalue weighted by Crippen LogP contribution is -2.20. The van der Waals surface area contributed by atoms with Crippen molar-refractivity contribution in [2.45, 2.75) is 40.0 Å². The zero-order valence-corrected chi connectivity index (χ0v) is 14.3. The molecule has 0 aliphatic heterocycles. The van der Waals surface area contributed by atoms with E-state index >= 15 is 0 Å². The molecule has 1 N–H and O–H groups in total. The van der Waals surface area contributed by atoms with Crippen molar-refractivity contribution in [3.63, 3.8) is 0 Å². The third-order valence-electron chi connectivity index (χ3n) is 4.10. The molecule has 1 unspecified atom stereocenters. The second-order valence-electron chi connectivity index (χ2n) is 6.03. The molecular formula is C20H25NO2. The third-order valence-corrected chi connectivity index (χ3v) is 4.10. The van der Waals surface area contributed by atoms with Gasteiger partial charge in [0.25, 0.3) is 5.91 Å². The molecule has 0 bridgehead atoms. The van der Waals surface area contributed by atoms with E-state index in [-0.39, 0.29) is 12.5 Å². The van der Waals surface area contributed by atoms with Gasteiger partial charge < -0.3 is 10.1 Å². The molecule has 122 valence electrons. The molecule has 0 aliphatic rings. The minimum Gasteiger partial charge on any atom is -0.484 e. The second kappa shape index (κ2) is 7.82. The lowest BCUT2D eigenvalue weighted by atomic mass is 9.99. The van der Waals surface area contributed by atoms with E-state index in [2.05, 4.69) is 31.3 Å². The number of aryl methyl sites for hydroxylation is 2. The van der Waals surface area contributed by atoms with Crippen molar-refractivity contribution in [3.05, 3.63) is 59.2 Å². The first kappa shape index (κ1) is 17.1. The van der Waals surface area contributed by atoms with Gasteiger partial charge in [-0.05, 0) is 61.1 Å². The lowest BCUT2D eigenvalue weighted by molar-refractivity contribution is -0.118. The molecule has 1 amide bonds. The third kappa shape index (κ3) is 4.85. The molecule has 2 aromatic rings. The Morgan fingerprint density at radius 1 is 1.13 bits per heavy atom. The fraction of sp³-hybridized carbons (Fsp3) is 0.350. The zero-order valence-electron chi connectivity index (χ0n) is 14.3. The van der Waals surface area contributed by atoms with Crippen LogP contribution in [0.25, 0.3) is 0 Å². The molecule has 0 fully saturated rings. The molecule has 23 heavy (non-hydrogen) atoms. The van der Waals surface area contributed by atoms with E-state index in [0.717, 1.165) is 23.2 Å². The van der Waals surface area contributed by atoms with Crippen LogP contribution >= 0.6 is 0 Å². The van der Waals surface area contributed by atoms with Crippen LogP contribution in [0, 0.1) is 13.8 Å². The minimum absolute atomic E-state index is 0.00998. The summed E-state index contributed by atoms with van der Waals surface area (Å²) in [5.74, 6) is 1.11. The van der Waals surface area contributed by atoms with Gasteiger partial charge in [-0.2, -0.15) is 0 Å². The van der Waals surface area contributed by atoms with Crippen LogP contribution in [-0.4, -0.2) is 12.5 Å². The van der Waals surface area contributed by atoms with E-state index in [4.69, 9.17) is 4.74 Å². The van der Waals surface area contributed by atoms with Crippen molar-refractivity contribution in [2.24, 2.45) is 0 Å². The number of hydrogen-bond acceptors (Lipinski definition) is 2. The van der Waals surface area contributed by atoms with E-state index in [1.54, 1.807) is 0 Å². The van der Waals surface area contributed by atoms with Crippen LogP contribution < -0.4 is 10.1 Å². The molecule has 2 aromatic carbocycles. The number of carbonyl (C=O) groups is 1. The second-order valence-corrected chi connectivity index (χ2v) is 6.03. The van der Waals surface area contributed by atoms with Gasteiger partial charge in [-0.1, -0.05) is 38.1 Å². The highest BCUT2D eigenvalue weighted by atomic mass is 16.5. The first-order valence-electron chi connectivity index (χ1n) is 8.09. The molecule has 0 saturated heterocycles. The fourth-order valence-corrected chi connectivity index (χ4v) is 2.33. The Bertz CT molecular complexity index is 662. The SMILES string of the molecule is CCC(C)c1ccc(OCC(=O)Nc2cc(C)ccc2C)cc1. The van der Waals surface area contributed by atoms with Crippen LogP contribution in [0.1, 0.15) is 42.9 Å². The highest BCUT2D eigenvalue weighted by Crippen LogP contribution is 2.21. The maximum Gasteiger partial charge on any atom is 0.262 e. The minimum atomic E-state index is -0.148. The largest absolute Gasteiger partial charge is 0.484 e. The van der Waals surface area contributed by atoms with Gasteiger partial charge in [0.1, 0.15) is 5.75 Å². The zero-order chi connectivity index (χ0) is 16.8. The first-order chi connectivity index (χ1) is 11.0. The Morgan fingerprint density at radius 3 is 2.48 bits per heavy atom. The quantitative estimate of drug-likeness (QED) is 0.829. The summed E-state index contributed by atoms with van der Waals surface area (Å²) < 4.78 is 5.57. The van der Waals surface area contributed by atoms with Gasteiger partial charge in [0.15, 0.2) is 6.61 Å². The van der Waals surface area contributed by atoms with Gasteiger partial charge in [0, 0.05) is 5.69 Å². The van der Waals surface area contributed by atoms with Crippen molar-refractivity contribution in [3.8, 4) is 5.75 Å². The van der Waals surface area contributed by atoms with Crippen LogP contribution in [0.4, 0.5) is 5.69 Å². The summed E-state index contributed by atoms with van der Waals surface area (Å²) in [5, 5.41) is 2.90. The van der Waals surface area contributed by atoms with E-state index in [1.165, 1.54) is 5.56 Å². The number of hydrogen-bond donors (Lipinski definition) is 1. The van der Waals surface area contributed by atoms with Crippen LogP contribution in [0.2, 0.25) is 0 Å². The number of ether oxygens (including phenoxy) is 1. The van der Waals surface area contributed by atoms with E-state index in [9.17, 15) is 4.79 Å². The topological polar surface area (TPSA) is 38.3 Å². The summed E-state index contributed by atoms with van der Waals surface area (Å²) in [6.07, 6.45) is 1.11. The molecule has 0 heterocycles. The van der Waals surface area contributed by atoms with Crippen molar-refractivity contribution in [2.75, 3.05) is 11.9 Å². The van der Waals surface area contributed by atoms with Gasteiger partial charge in [0.2, 0.25) is 0 Å². The van der Waals surface area contributed by atoms with Gasteiger partial charge in [-0.25, -0.2) is 0 Å². The average Bonchev–Trinajstić information content (AvgIpc) is 2.56. The van der Waals surface area contributed by atoms with Crippen molar-refractivity contribution >= 4 is 11.6 Å². The van der Waals surface area contributed by atoms with E-state index in [1.807, 2.05) is 44.2 Å². The van der Waals surface area contributed by atoms with Gasteiger partial charge in [0.05, 0.1) is 0 Å². The molecule has 0 aromatic heterocycles. The summed E-state index contributed by atoms with van der Waals surface area (Å²) in [6.45, 7) is 8.37. The molecule has 0 spiro atoms. The lowest BCUT2D eigenvalue weighted by Gasteiger charge is -2.12. The summed E-state index contributed by atoms with van der Waals surface area (Å²) in [6, 6.07) is 14.0. The number of benzene rings is 2. The number of amides is 1. The van der Waals surface area contributed by atoms with Crippen LogP contribution in [0.5, 0.6) is 5.75 Å². The van der Waals surface area contributed by atoms with Crippen LogP contribution in [-0.2, 0) is 4.79 Å². The molecule has 3 nitrogen and oxygen atoms in total. The predicted octanol–water partition coefficient (Wildman–Crippen LogP) is 4.83. The Balaban J connectivity index is 1.90. The Kier molecular flexibility index (Phi) is 5.80. The highest BCUT2D eigenvalue weighted by molar-refractivity contribution is 5.92. The monoisotopic (exact) mass is 311 g/mol. The molecule has 1 atom stereocenters. The van der Waals surface area contributed by atoms with Gasteiger partial charge >= 0.3 is 0 Å². The smallest absolute Gasteiger partial charge is 0.262 e. The van der Waals surface area contributed by atoms with E-state index < -0.39 is 0 Å². The molecular weight excluding hydrogens is 286 g/mol. The molecule has 0 radical (unpaired) electrons. The fourth-order valence-electron chi connectivity index (χ4n) is 2.33. The number of rotatable bonds is 6. The molecule has 0 aliphatic carbocycles. The first-order valence-corrected chi connectivity index (χ1v) is 8.09. The average molecular weight is 311 g/mol. The summed E-state index contributed by atoms with van der Waals surface area (Å²) in [5.41, 5.74) is 4.29. The van der Waals surface area contributed by atoms with Crippen molar-refractivity contribution in [1.29, 1.82) is 0 Å². The normalized spacial score (nSPS) is 11.8. The Labute approximate surface area is 138 Å². The highest BCUT2D eigenvalue weighted by Gasteiger charge is 2.07. The molecule has 3 heteroatoms. The van der Waals surface area contributed by atoms with Crippen LogP contribution in [0.3, 0.4) is 0 Å². The number of anilines is 1. The number of nitrogens with one attached hydrogen (secondary N) is 1. The molecule has 0 saturated carbocycles. The van der Waals surface area contributed by atoms with Gasteiger partial charge in [-0.3, -0.25) is 4.79 Å². The van der Waals surface area contributed by atoms with Crippen LogP contribution in [0.15, 0.2) is 42.5 Å². The Hall–Kier alpha value is -2.29. The summed E-state index contributed by atoms with van der Waals surface area (Å²) >= 11 is 0. The maximum absolute atomic E-state index is 12.0. The Morgan fingerprint density at radius 2 is 1.83 bits per heavy atom. The van der Waals surface area contributed by atoms with Gasteiger partial charge in [-0.15, -0.1) is 0 Å². The summed E-state index contributed by atoms with van der Waals surface area (Å²) in [7, 11) is 0. The van der Waals surface area contributed by atoms with Crippen molar-refractivity contribution in [1.82, 2.24) is 0 Å². The number of carbonyl (C=O) groups excluding carboxylic acids is 1. The maximum atomic E-state index is 12.0. The standard InChI is InChI=1S/C20H25NO2/c1-5-15(3)17-8-10-18(11-9-17)23-13-20(22)21-19-12-14(2)6-7-16(19)4/h6-12,15H,5,13H2,1-4H3,(H,21,22). The molecule has 2 rings (SSSR count). The summed E-state index contributed by atoms with van der Waals surface area (Å²) in [4.78, 5) is 12.0. The van der Waals surface area contributed by atoms with E-state index in [0.29, 0.717) is 11.7 Å². The van der Waals surface area contributed by atoms with Crippen molar-refractivity contribution < 1.29 is 9.53 Å².